The quantitative estimate of drug-likeness (QED) is 0.808. The molecule has 1 heterocycles. The molecule has 1 aromatic rings. The van der Waals surface area contributed by atoms with Crippen LogP contribution in [-0.2, 0) is 19.6 Å². The Bertz CT molecular complexity index is 664. The Labute approximate surface area is 120 Å². The van der Waals surface area contributed by atoms with Crippen LogP contribution >= 0.6 is 0 Å². The van der Waals surface area contributed by atoms with Crippen LogP contribution in [0, 0.1) is 11.6 Å². The summed E-state index contributed by atoms with van der Waals surface area (Å²) in [5, 5.41) is 9.57. The Balaban J connectivity index is 2.47. The number of benzene rings is 1. The predicted molar refractivity (Wildman–Crippen MR) is 66.7 cm³/mol. The lowest BCUT2D eigenvalue weighted by Gasteiger charge is -2.22. The molecule has 1 N–H and O–H groups in total. The van der Waals surface area contributed by atoms with E-state index in [-0.39, 0.29) is 6.42 Å². The number of methoxy groups -OCH3 is 1. The Morgan fingerprint density at radius 2 is 2.10 bits per heavy atom. The van der Waals surface area contributed by atoms with Crippen LogP contribution in [0.1, 0.15) is 6.42 Å². The fourth-order valence-electron chi connectivity index (χ4n) is 2.20. The highest BCUT2D eigenvalue weighted by Crippen LogP contribution is 2.28. The second-order valence-corrected chi connectivity index (χ2v) is 6.44. The number of aliphatic hydroxyl groups is 1. The second-order valence-electron chi connectivity index (χ2n) is 4.58. The summed E-state index contributed by atoms with van der Waals surface area (Å²) in [6, 6.07) is 0.731. The molecule has 1 saturated heterocycles. The number of ether oxygens (including phenoxy) is 1. The van der Waals surface area contributed by atoms with Crippen molar-refractivity contribution < 1.29 is 31.8 Å². The zero-order valence-electron chi connectivity index (χ0n) is 11.0. The summed E-state index contributed by atoms with van der Waals surface area (Å²) in [6.45, 7) is -0.391. The second kappa shape index (κ2) is 5.66. The van der Waals surface area contributed by atoms with Gasteiger partial charge in [-0.2, -0.15) is 4.31 Å². The maximum Gasteiger partial charge on any atom is 0.324 e. The third-order valence-corrected chi connectivity index (χ3v) is 5.08. The van der Waals surface area contributed by atoms with Crippen LogP contribution in [0.2, 0.25) is 0 Å². The van der Waals surface area contributed by atoms with Gasteiger partial charge in [0.1, 0.15) is 22.6 Å². The normalized spacial score (nSPS) is 23.2. The van der Waals surface area contributed by atoms with Crippen molar-refractivity contribution in [1.82, 2.24) is 4.31 Å². The van der Waals surface area contributed by atoms with Gasteiger partial charge in [-0.3, -0.25) is 4.79 Å². The Hall–Kier alpha value is -1.58. The molecule has 0 amide bonds. The SMILES string of the molecule is COC(=O)[C@@H]1C[C@H](O)CN1S(=O)(=O)c1cc(F)ccc1F. The van der Waals surface area contributed by atoms with Gasteiger partial charge in [-0.05, 0) is 18.2 Å². The summed E-state index contributed by atoms with van der Waals surface area (Å²) in [4.78, 5) is 10.7. The Morgan fingerprint density at radius 1 is 1.43 bits per heavy atom. The molecular weight excluding hydrogens is 308 g/mol. The largest absolute Gasteiger partial charge is 0.468 e. The van der Waals surface area contributed by atoms with Crippen LogP contribution in [-0.4, -0.2) is 49.6 Å². The maximum atomic E-state index is 13.7. The third-order valence-electron chi connectivity index (χ3n) is 3.19. The van der Waals surface area contributed by atoms with Gasteiger partial charge in [0.2, 0.25) is 10.0 Å². The van der Waals surface area contributed by atoms with E-state index in [2.05, 4.69) is 4.74 Å². The van der Waals surface area contributed by atoms with Crippen LogP contribution in [0.25, 0.3) is 0 Å². The molecule has 1 aromatic carbocycles. The number of rotatable bonds is 3. The van der Waals surface area contributed by atoms with Gasteiger partial charge in [0.05, 0.1) is 13.2 Å². The molecule has 0 unspecified atom stereocenters. The van der Waals surface area contributed by atoms with Crippen LogP contribution in [0.15, 0.2) is 23.1 Å². The molecule has 0 bridgehead atoms. The highest BCUT2D eigenvalue weighted by molar-refractivity contribution is 7.89. The van der Waals surface area contributed by atoms with Crippen molar-refractivity contribution in [3.63, 3.8) is 0 Å². The maximum absolute atomic E-state index is 13.7. The molecule has 0 spiro atoms. The number of esters is 1. The van der Waals surface area contributed by atoms with Crippen molar-refractivity contribution in [3.05, 3.63) is 29.8 Å². The van der Waals surface area contributed by atoms with Crippen molar-refractivity contribution in [1.29, 1.82) is 0 Å². The lowest BCUT2D eigenvalue weighted by molar-refractivity contribution is -0.144. The fourth-order valence-corrected chi connectivity index (χ4v) is 3.91. The highest BCUT2D eigenvalue weighted by Gasteiger charge is 2.45. The number of nitrogens with zero attached hydrogens (tertiary/aromatic N) is 1. The van der Waals surface area contributed by atoms with E-state index in [1.165, 1.54) is 0 Å². The first-order chi connectivity index (χ1) is 9.77. The van der Waals surface area contributed by atoms with Crippen LogP contribution in [0.5, 0.6) is 0 Å². The molecule has 1 aliphatic rings. The van der Waals surface area contributed by atoms with Gasteiger partial charge in [0.25, 0.3) is 0 Å². The average molecular weight is 321 g/mol. The fraction of sp³-hybridized carbons (Fsp3) is 0.417. The number of carbonyl (C=O) groups excluding carboxylic acids is 1. The molecule has 21 heavy (non-hydrogen) atoms. The topological polar surface area (TPSA) is 83.9 Å². The molecule has 0 radical (unpaired) electrons. The molecule has 1 aliphatic heterocycles. The Morgan fingerprint density at radius 3 is 2.71 bits per heavy atom. The van der Waals surface area contributed by atoms with Gasteiger partial charge < -0.3 is 9.84 Å². The van der Waals surface area contributed by atoms with Crippen molar-refractivity contribution in [3.8, 4) is 0 Å². The first-order valence-electron chi connectivity index (χ1n) is 6.00. The summed E-state index contributed by atoms with van der Waals surface area (Å²) in [7, 11) is -3.40. The molecule has 0 aromatic heterocycles. The number of hydrogen-bond acceptors (Lipinski definition) is 5. The number of carbonyl (C=O) groups is 1. The van der Waals surface area contributed by atoms with Crippen LogP contribution in [0.3, 0.4) is 0 Å². The van der Waals surface area contributed by atoms with Gasteiger partial charge in [-0.15, -0.1) is 0 Å². The van der Waals surface area contributed by atoms with Gasteiger partial charge in [0.15, 0.2) is 0 Å². The molecule has 2 atom stereocenters. The van der Waals surface area contributed by atoms with Gasteiger partial charge in [-0.25, -0.2) is 17.2 Å². The van der Waals surface area contributed by atoms with E-state index in [0.29, 0.717) is 16.4 Å². The van der Waals surface area contributed by atoms with E-state index >= 15 is 0 Å². The van der Waals surface area contributed by atoms with Gasteiger partial charge in [-0.1, -0.05) is 0 Å². The number of β-amino-alcohol motifs (C(OH)–C–C–N with tert-alkyl or cyclic N) is 1. The molecule has 2 rings (SSSR count). The van der Waals surface area contributed by atoms with Crippen molar-refractivity contribution in [2.24, 2.45) is 0 Å². The minimum Gasteiger partial charge on any atom is -0.468 e. The molecular formula is C12H13F2NO5S. The standard InChI is InChI=1S/C12H13F2NO5S/c1-20-12(17)10-5-8(16)6-15(10)21(18,19)11-4-7(13)2-3-9(11)14/h2-4,8,10,16H,5-6H2,1H3/t8-,10-/m0/s1. The van der Waals surface area contributed by atoms with Crippen molar-refractivity contribution in [2.75, 3.05) is 13.7 Å². The summed E-state index contributed by atoms with van der Waals surface area (Å²) >= 11 is 0. The zero-order chi connectivity index (χ0) is 15.8. The number of aliphatic hydroxyl groups excluding tert-OH is 1. The highest BCUT2D eigenvalue weighted by atomic mass is 32.2. The van der Waals surface area contributed by atoms with E-state index < -0.39 is 51.2 Å². The van der Waals surface area contributed by atoms with Crippen molar-refractivity contribution >= 4 is 16.0 Å². The summed E-state index contributed by atoms with van der Waals surface area (Å²) < 4.78 is 56.7. The van der Waals surface area contributed by atoms with Crippen molar-refractivity contribution in [2.45, 2.75) is 23.5 Å². The van der Waals surface area contributed by atoms with E-state index in [4.69, 9.17) is 0 Å². The number of hydrogen-bond donors (Lipinski definition) is 1. The molecule has 6 nitrogen and oxygen atoms in total. The molecule has 9 heteroatoms. The third kappa shape index (κ3) is 2.89. The Kier molecular flexibility index (Phi) is 4.26. The van der Waals surface area contributed by atoms with E-state index in [0.717, 1.165) is 13.2 Å². The molecule has 116 valence electrons. The van der Waals surface area contributed by atoms with E-state index in [1.807, 2.05) is 0 Å². The number of halogens is 2. The first-order valence-corrected chi connectivity index (χ1v) is 7.44. The lowest BCUT2D eigenvalue weighted by Crippen LogP contribution is -2.41. The van der Waals surface area contributed by atoms with E-state index in [1.54, 1.807) is 0 Å². The monoisotopic (exact) mass is 321 g/mol. The lowest BCUT2D eigenvalue weighted by atomic mass is 10.2. The van der Waals surface area contributed by atoms with Gasteiger partial charge in [0, 0.05) is 13.0 Å². The smallest absolute Gasteiger partial charge is 0.324 e. The number of sulfonamides is 1. The first kappa shape index (κ1) is 15.8. The van der Waals surface area contributed by atoms with E-state index in [9.17, 15) is 27.1 Å². The average Bonchev–Trinajstić information content (AvgIpc) is 2.83. The zero-order valence-corrected chi connectivity index (χ0v) is 11.8. The van der Waals surface area contributed by atoms with Crippen LogP contribution < -0.4 is 0 Å². The minimum atomic E-state index is -4.47. The molecule has 0 aliphatic carbocycles. The minimum absolute atomic E-state index is 0.164. The van der Waals surface area contributed by atoms with Crippen LogP contribution in [0.4, 0.5) is 8.78 Å². The van der Waals surface area contributed by atoms with Gasteiger partial charge >= 0.3 is 5.97 Å². The predicted octanol–water partition coefficient (Wildman–Crippen LogP) is 0.262. The molecule has 1 fully saturated rings. The summed E-state index contributed by atoms with van der Waals surface area (Å²) in [5.74, 6) is -2.93. The summed E-state index contributed by atoms with van der Waals surface area (Å²) in [6.07, 6.45) is -1.25. The summed E-state index contributed by atoms with van der Waals surface area (Å²) in [5.41, 5.74) is 0. The molecule has 0 saturated carbocycles.